The molecule has 4 nitrogen and oxygen atoms in total. The summed E-state index contributed by atoms with van der Waals surface area (Å²) < 4.78 is 4.54. The normalized spacial score (nSPS) is 10.1. The first-order chi connectivity index (χ1) is 7.22. The average molecular weight is 236 g/mol. The number of pyridine rings is 1. The summed E-state index contributed by atoms with van der Waals surface area (Å²) in [5.41, 5.74) is 0.590. The van der Waals surface area contributed by atoms with Gasteiger partial charge in [0, 0.05) is 0 Å². The molecule has 0 aliphatic carbocycles. The first kappa shape index (κ1) is 10.1. The quantitative estimate of drug-likeness (QED) is 0.763. The van der Waals surface area contributed by atoms with E-state index in [1.165, 1.54) is 26.9 Å². The number of aromatic hydroxyl groups is 1. The molecule has 0 spiro atoms. The molecule has 0 unspecified atom stereocenters. The van der Waals surface area contributed by atoms with Gasteiger partial charge in [-0.05, 0) is 0 Å². The van der Waals surface area contributed by atoms with Gasteiger partial charge in [0.05, 0.1) is 0 Å². The van der Waals surface area contributed by atoms with Gasteiger partial charge < -0.3 is 0 Å². The predicted octanol–water partition coefficient (Wildman–Crippen LogP) is 1.56. The summed E-state index contributed by atoms with van der Waals surface area (Å²) in [5, 5.41) is 10.3. The second kappa shape index (κ2) is 4.00. The number of phenolic OH excluding ortho intramolecular Hbond substituents is 1. The van der Waals surface area contributed by atoms with Gasteiger partial charge in [-0.2, -0.15) is 0 Å². The summed E-state index contributed by atoms with van der Waals surface area (Å²) in [7, 11) is 0. The molecule has 1 N–H and O–H groups in total. The van der Waals surface area contributed by atoms with Crippen LogP contribution in [0.1, 0.15) is 10.5 Å². The molecule has 5 heteroatoms. The zero-order valence-electron chi connectivity index (χ0n) is 7.60. The fourth-order valence-corrected chi connectivity index (χ4v) is 1.46. The fourth-order valence-electron chi connectivity index (χ4n) is 1.30. The number of rotatable bonds is 1. The first-order valence-corrected chi connectivity index (χ1v) is 4.83. The van der Waals surface area contributed by atoms with Crippen molar-refractivity contribution < 1.29 is 34.0 Å². The first-order valence-electron chi connectivity index (χ1n) is 4.19. The van der Waals surface area contributed by atoms with Crippen molar-refractivity contribution in [2.45, 2.75) is 0 Å². The van der Waals surface area contributed by atoms with Crippen LogP contribution < -0.4 is 0 Å². The minimum atomic E-state index is -0.514. The number of fused-ring (bicyclic) bond motifs is 1. The van der Waals surface area contributed by atoms with Crippen LogP contribution in [0.25, 0.3) is 10.9 Å². The molecule has 0 radical (unpaired) electrons. The average Bonchev–Trinajstić information content (AvgIpc) is 2.28. The molecule has 0 amide bonds. The number of para-hydroxylation sites is 1. The van der Waals surface area contributed by atoms with Gasteiger partial charge in [0.1, 0.15) is 0 Å². The van der Waals surface area contributed by atoms with Crippen LogP contribution in [0.5, 0.6) is 5.75 Å². The molecule has 0 atom stereocenters. The van der Waals surface area contributed by atoms with Crippen LogP contribution in [0.15, 0.2) is 30.3 Å². The molecule has 73 valence electrons. The number of phenols is 1. The van der Waals surface area contributed by atoms with Crippen molar-refractivity contribution in [3.8, 4) is 5.75 Å². The molecule has 1 aromatic heterocycles. The molecule has 0 saturated heterocycles. The Morgan fingerprint density at radius 1 is 1.33 bits per heavy atom. The van der Waals surface area contributed by atoms with E-state index in [1.54, 1.807) is 18.2 Å². The maximum absolute atomic E-state index is 11.2. The van der Waals surface area contributed by atoms with Gasteiger partial charge in [-0.25, -0.2) is 0 Å². The second-order valence-electron chi connectivity index (χ2n) is 2.93. The van der Waals surface area contributed by atoms with Crippen molar-refractivity contribution >= 4 is 16.9 Å². The Morgan fingerprint density at radius 2 is 2.13 bits per heavy atom. The van der Waals surface area contributed by atoms with Gasteiger partial charge in [-0.3, -0.25) is 0 Å². The molecular formula is C10H6NO3Ti. The Morgan fingerprint density at radius 3 is 2.87 bits per heavy atom. The summed E-state index contributed by atoms with van der Waals surface area (Å²) in [6.45, 7) is 0. The SMILES string of the molecule is O=C([O][Ti])c1ccc2cccc(O)c2n1. The Labute approximate surface area is 97.8 Å². The number of carbonyl (C=O) groups excluding carboxylic acids is 1. The summed E-state index contributed by atoms with van der Waals surface area (Å²) in [6, 6.07) is 8.33. The van der Waals surface area contributed by atoms with Gasteiger partial charge in [-0.15, -0.1) is 0 Å². The van der Waals surface area contributed by atoms with Crippen molar-refractivity contribution in [2.75, 3.05) is 0 Å². The number of hydrogen-bond acceptors (Lipinski definition) is 4. The number of hydrogen-bond donors (Lipinski definition) is 1. The molecular weight excluding hydrogens is 230 g/mol. The van der Waals surface area contributed by atoms with Gasteiger partial charge in [0.25, 0.3) is 0 Å². The molecule has 1 heterocycles. The summed E-state index contributed by atoms with van der Waals surface area (Å²) in [5.74, 6) is -0.460. The van der Waals surface area contributed by atoms with E-state index in [-0.39, 0.29) is 11.4 Å². The standard InChI is InChI=1S/C10H7NO3.Ti/c12-8-3-1-2-6-4-5-7(10(13)14)11-9(6)8;/h1-5,12H,(H,13,14);/q;+1/p-1. The summed E-state index contributed by atoms with van der Waals surface area (Å²) in [4.78, 5) is 15.2. The second-order valence-corrected chi connectivity index (χ2v) is 3.25. The third-order valence-electron chi connectivity index (χ3n) is 2.00. The van der Waals surface area contributed by atoms with Gasteiger partial charge in [-0.1, -0.05) is 0 Å². The van der Waals surface area contributed by atoms with Gasteiger partial charge >= 0.3 is 97.7 Å². The Hall–Kier alpha value is -1.39. The third kappa shape index (κ3) is 1.86. The zero-order chi connectivity index (χ0) is 10.8. The Balaban J connectivity index is 2.64. The number of benzene rings is 1. The predicted molar refractivity (Wildman–Crippen MR) is 48.8 cm³/mol. The van der Waals surface area contributed by atoms with E-state index < -0.39 is 5.97 Å². The number of nitrogens with zero attached hydrogens (tertiary/aromatic N) is 1. The van der Waals surface area contributed by atoms with E-state index in [1.807, 2.05) is 6.07 Å². The third-order valence-corrected chi connectivity index (χ3v) is 2.29. The van der Waals surface area contributed by atoms with Crippen LogP contribution in [0, 0.1) is 0 Å². The van der Waals surface area contributed by atoms with E-state index in [2.05, 4.69) is 8.30 Å². The molecule has 0 aliphatic heterocycles. The van der Waals surface area contributed by atoms with Crippen LogP contribution in [0.3, 0.4) is 0 Å². The van der Waals surface area contributed by atoms with Crippen molar-refractivity contribution in [2.24, 2.45) is 0 Å². The fraction of sp³-hybridized carbons (Fsp3) is 0. The van der Waals surface area contributed by atoms with E-state index >= 15 is 0 Å². The van der Waals surface area contributed by atoms with Gasteiger partial charge in [0.15, 0.2) is 0 Å². The zero-order valence-corrected chi connectivity index (χ0v) is 9.16. The molecule has 15 heavy (non-hydrogen) atoms. The van der Waals surface area contributed by atoms with Crippen molar-refractivity contribution in [3.05, 3.63) is 36.0 Å². The van der Waals surface area contributed by atoms with Crippen LogP contribution in [-0.4, -0.2) is 16.1 Å². The van der Waals surface area contributed by atoms with Crippen LogP contribution in [-0.2, 0) is 24.1 Å². The van der Waals surface area contributed by atoms with Crippen molar-refractivity contribution in [1.82, 2.24) is 4.98 Å². The molecule has 1 aromatic carbocycles. The van der Waals surface area contributed by atoms with E-state index in [9.17, 15) is 9.90 Å². The van der Waals surface area contributed by atoms with E-state index in [0.717, 1.165) is 5.39 Å². The van der Waals surface area contributed by atoms with Crippen molar-refractivity contribution in [1.29, 1.82) is 0 Å². The van der Waals surface area contributed by atoms with E-state index in [0.29, 0.717) is 5.52 Å². The molecule has 0 saturated carbocycles. The van der Waals surface area contributed by atoms with Crippen LogP contribution >= 0.6 is 0 Å². The molecule has 0 fully saturated rings. The molecule has 2 rings (SSSR count). The van der Waals surface area contributed by atoms with Gasteiger partial charge in [0.2, 0.25) is 0 Å². The Bertz CT molecular complexity index is 527. The number of carbonyl (C=O) groups is 1. The van der Waals surface area contributed by atoms with Crippen LogP contribution in [0.2, 0.25) is 0 Å². The van der Waals surface area contributed by atoms with E-state index in [4.69, 9.17) is 0 Å². The molecule has 0 aliphatic rings. The minimum absolute atomic E-state index is 0.0539. The Kier molecular flexibility index (Phi) is 2.71. The topological polar surface area (TPSA) is 59.4 Å². The molecule has 2 aromatic rings. The van der Waals surface area contributed by atoms with Crippen molar-refractivity contribution in [3.63, 3.8) is 0 Å². The van der Waals surface area contributed by atoms with Crippen LogP contribution in [0.4, 0.5) is 0 Å². The maximum atomic E-state index is 11.2. The summed E-state index contributed by atoms with van der Waals surface area (Å²) in [6.07, 6.45) is 0. The summed E-state index contributed by atoms with van der Waals surface area (Å²) >= 11 is 1.29. The number of aromatic nitrogens is 1. The molecule has 0 bridgehead atoms. The monoisotopic (exact) mass is 236 g/mol.